The summed E-state index contributed by atoms with van der Waals surface area (Å²) in [6.07, 6.45) is 3.41. The summed E-state index contributed by atoms with van der Waals surface area (Å²) in [5, 5.41) is 4.05. The standard InChI is InChI=1S/C10H10N2O2/c1-2-14-10(13)8-5-7-12-9(8)4-3-6-11-12/h3-7H,2H2,1H3. The number of hydrogen-bond donors (Lipinski definition) is 0. The first-order chi connectivity index (χ1) is 6.83. The number of carbonyl (C=O) groups excluding carboxylic acids is 1. The summed E-state index contributed by atoms with van der Waals surface area (Å²) in [5.41, 5.74) is 1.32. The lowest BCUT2D eigenvalue weighted by atomic mass is 10.3. The Labute approximate surface area is 81.1 Å². The van der Waals surface area contributed by atoms with Gasteiger partial charge in [0, 0.05) is 12.4 Å². The van der Waals surface area contributed by atoms with E-state index in [1.165, 1.54) is 0 Å². The molecule has 0 saturated heterocycles. The van der Waals surface area contributed by atoms with E-state index in [9.17, 15) is 4.79 Å². The highest BCUT2D eigenvalue weighted by Crippen LogP contribution is 2.11. The minimum atomic E-state index is -0.303. The van der Waals surface area contributed by atoms with Gasteiger partial charge in [-0.1, -0.05) is 0 Å². The normalized spacial score (nSPS) is 10.4. The average Bonchev–Trinajstić information content (AvgIpc) is 2.61. The minimum absolute atomic E-state index is 0.303. The van der Waals surface area contributed by atoms with Crippen molar-refractivity contribution in [2.24, 2.45) is 0 Å². The van der Waals surface area contributed by atoms with Crippen LogP contribution in [0.4, 0.5) is 0 Å². The van der Waals surface area contributed by atoms with E-state index >= 15 is 0 Å². The topological polar surface area (TPSA) is 43.6 Å². The maximum Gasteiger partial charge on any atom is 0.340 e. The van der Waals surface area contributed by atoms with Gasteiger partial charge in [-0.25, -0.2) is 9.31 Å². The molecule has 14 heavy (non-hydrogen) atoms. The molecule has 0 radical (unpaired) electrons. The van der Waals surface area contributed by atoms with Crippen LogP contribution in [0.1, 0.15) is 17.3 Å². The highest BCUT2D eigenvalue weighted by molar-refractivity contribution is 5.97. The predicted octanol–water partition coefficient (Wildman–Crippen LogP) is 1.51. The number of hydrogen-bond acceptors (Lipinski definition) is 3. The lowest BCUT2D eigenvalue weighted by molar-refractivity contribution is 0.0529. The molecule has 0 aliphatic rings. The SMILES string of the molecule is CCOC(=O)c1ccn2ncccc12. The van der Waals surface area contributed by atoms with Gasteiger partial charge in [0.25, 0.3) is 0 Å². The van der Waals surface area contributed by atoms with Gasteiger partial charge in [0.05, 0.1) is 17.7 Å². The lowest BCUT2D eigenvalue weighted by Gasteiger charge is -1.99. The second-order valence-electron chi connectivity index (χ2n) is 2.80. The smallest absolute Gasteiger partial charge is 0.340 e. The van der Waals surface area contributed by atoms with Crippen LogP contribution in [0, 0.1) is 0 Å². The van der Waals surface area contributed by atoms with E-state index in [0.29, 0.717) is 12.2 Å². The van der Waals surface area contributed by atoms with Gasteiger partial charge in [0.15, 0.2) is 0 Å². The molecule has 4 heteroatoms. The van der Waals surface area contributed by atoms with E-state index in [4.69, 9.17) is 4.74 Å². The summed E-state index contributed by atoms with van der Waals surface area (Å²) in [6, 6.07) is 5.33. The minimum Gasteiger partial charge on any atom is -0.462 e. The molecule has 0 aliphatic carbocycles. The first-order valence-corrected chi connectivity index (χ1v) is 4.42. The number of nitrogens with zero attached hydrogens (tertiary/aromatic N) is 2. The van der Waals surface area contributed by atoms with Crippen molar-refractivity contribution in [3.63, 3.8) is 0 Å². The first-order valence-electron chi connectivity index (χ1n) is 4.42. The number of rotatable bonds is 2. The van der Waals surface area contributed by atoms with Gasteiger partial charge in [-0.05, 0) is 25.1 Å². The number of esters is 1. The molecule has 0 spiro atoms. The van der Waals surface area contributed by atoms with Crippen molar-refractivity contribution >= 4 is 11.5 Å². The number of carbonyl (C=O) groups is 1. The summed E-state index contributed by atoms with van der Waals surface area (Å²) in [7, 11) is 0. The highest BCUT2D eigenvalue weighted by Gasteiger charge is 2.11. The average molecular weight is 190 g/mol. The van der Waals surface area contributed by atoms with Gasteiger partial charge < -0.3 is 4.74 Å². The van der Waals surface area contributed by atoms with E-state index in [0.717, 1.165) is 5.52 Å². The molecule has 0 atom stereocenters. The third-order valence-corrected chi connectivity index (χ3v) is 1.93. The predicted molar refractivity (Wildman–Crippen MR) is 51.1 cm³/mol. The van der Waals surface area contributed by atoms with Crippen LogP contribution in [0.25, 0.3) is 5.52 Å². The molecule has 0 amide bonds. The number of ether oxygens (including phenoxy) is 1. The van der Waals surface area contributed by atoms with Crippen LogP contribution in [-0.2, 0) is 4.74 Å². The highest BCUT2D eigenvalue weighted by atomic mass is 16.5. The molecule has 72 valence electrons. The Bertz CT molecular complexity index is 462. The molecule has 0 aromatic carbocycles. The maximum atomic E-state index is 11.5. The van der Waals surface area contributed by atoms with Crippen LogP contribution in [0.2, 0.25) is 0 Å². The zero-order valence-corrected chi connectivity index (χ0v) is 7.80. The summed E-state index contributed by atoms with van der Waals surface area (Å²) in [4.78, 5) is 11.5. The molecule has 0 aliphatic heterocycles. The van der Waals surface area contributed by atoms with Gasteiger partial charge in [-0.2, -0.15) is 5.10 Å². The largest absolute Gasteiger partial charge is 0.462 e. The fourth-order valence-electron chi connectivity index (χ4n) is 1.33. The van der Waals surface area contributed by atoms with E-state index in [1.807, 2.05) is 6.07 Å². The lowest BCUT2D eigenvalue weighted by Crippen LogP contribution is -2.04. The third kappa shape index (κ3) is 1.35. The molecule has 0 fully saturated rings. The van der Waals surface area contributed by atoms with Crippen LogP contribution in [0.5, 0.6) is 0 Å². The summed E-state index contributed by atoms with van der Waals surface area (Å²) in [6.45, 7) is 2.17. The van der Waals surface area contributed by atoms with Crippen LogP contribution < -0.4 is 0 Å². The summed E-state index contributed by atoms with van der Waals surface area (Å²) >= 11 is 0. The van der Waals surface area contributed by atoms with E-state index < -0.39 is 0 Å². The Balaban J connectivity index is 2.47. The molecule has 4 nitrogen and oxygen atoms in total. The molecular formula is C10H10N2O2. The van der Waals surface area contributed by atoms with Crippen molar-refractivity contribution in [2.45, 2.75) is 6.92 Å². The zero-order chi connectivity index (χ0) is 9.97. The number of aromatic nitrogens is 2. The Morgan fingerprint density at radius 3 is 3.21 bits per heavy atom. The Morgan fingerprint density at radius 1 is 1.57 bits per heavy atom. The van der Waals surface area contributed by atoms with Gasteiger partial charge in [-0.3, -0.25) is 0 Å². The monoisotopic (exact) mass is 190 g/mol. The molecule has 2 rings (SSSR count). The van der Waals surface area contributed by atoms with Crippen molar-refractivity contribution in [1.29, 1.82) is 0 Å². The van der Waals surface area contributed by atoms with Gasteiger partial charge in [0.1, 0.15) is 0 Å². The molecule has 0 saturated carbocycles. The molecule has 2 aromatic heterocycles. The summed E-state index contributed by atoms with van der Waals surface area (Å²) in [5.74, 6) is -0.303. The van der Waals surface area contributed by atoms with Crippen LogP contribution in [-0.4, -0.2) is 22.2 Å². The van der Waals surface area contributed by atoms with E-state index in [-0.39, 0.29) is 5.97 Å². The van der Waals surface area contributed by atoms with Gasteiger partial charge in [0.2, 0.25) is 0 Å². The Morgan fingerprint density at radius 2 is 2.43 bits per heavy atom. The van der Waals surface area contributed by atoms with Crippen molar-refractivity contribution in [3.8, 4) is 0 Å². The summed E-state index contributed by atoms with van der Waals surface area (Å²) < 4.78 is 6.56. The molecule has 2 heterocycles. The van der Waals surface area contributed by atoms with Gasteiger partial charge in [-0.15, -0.1) is 0 Å². The third-order valence-electron chi connectivity index (χ3n) is 1.93. The fraction of sp³-hybridized carbons (Fsp3) is 0.200. The fourth-order valence-corrected chi connectivity index (χ4v) is 1.33. The molecule has 0 unspecified atom stereocenters. The van der Waals surface area contributed by atoms with Gasteiger partial charge >= 0.3 is 5.97 Å². The van der Waals surface area contributed by atoms with Crippen molar-refractivity contribution in [3.05, 3.63) is 36.2 Å². The van der Waals surface area contributed by atoms with Crippen molar-refractivity contribution in [2.75, 3.05) is 6.61 Å². The molecule has 0 bridgehead atoms. The van der Waals surface area contributed by atoms with E-state index in [2.05, 4.69) is 5.10 Å². The maximum absolute atomic E-state index is 11.5. The number of fused-ring (bicyclic) bond motifs is 1. The molecule has 2 aromatic rings. The Kier molecular flexibility index (Phi) is 2.18. The quantitative estimate of drug-likeness (QED) is 0.674. The van der Waals surface area contributed by atoms with Crippen LogP contribution >= 0.6 is 0 Å². The van der Waals surface area contributed by atoms with E-state index in [1.54, 1.807) is 36.0 Å². The molecular weight excluding hydrogens is 180 g/mol. The first kappa shape index (κ1) is 8.74. The second kappa shape index (κ2) is 3.49. The second-order valence-corrected chi connectivity index (χ2v) is 2.80. The molecule has 0 N–H and O–H groups in total. The van der Waals surface area contributed by atoms with Crippen molar-refractivity contribution < 1.29 is 9.53 Å². The Hall–Kier alpha value is -1.84. The van der Waals surface area contributed by atoms with Crippen LogP contribution in [0.15, 0.2) is 30.6 Å². The van der Waals surface area contributed by atoms with Crippen LogP contribution in [0.3, 0.4) is 0 Å². The van der Waals surface area contributed by atoms with Crippen molar-refractivity contribution in [1.82, 2.24) is 9.61 Å². The zero-order valence-electron chi connectivity index (χ0n) is 7.80.